The van der Waals surface area contributed by atoms with Gasteiger partial charge >= 0.3 is 0 Å². The molecule has 0 fully saturated rings. The van der Waals surface area contributed by atoms with Gasteiger partial charge in [-0.05, 0) is 36.8 Å². The number of benzene rings is 2. The first-order valence-corrected chi connectivity index (χ1v) is 7.10. The molecule has 2 aromatic carbocycles. The third-order valence-electron chi connectivity index (χ3n) is 2.73. The van der Waals surface area contributed by atoms with Crippen LogP contribution in [0.15, 0.2) is 59.5 Å². The van der Waals surface area contributed by atoms with Crippen LogP contribution in [0.2, 0.25) is 5.02 Å². The third-order valence-corrected chi connectivity index (χ3v) is 4.29. The maximum Gasteiger partial charge on any atom is 0.0962 e. The Morgan fingerprint density at radius 3 is 2.28 bits per heavy atom. The highest BCUT2D eigenvalue weighted by Crippen LogP contribution is 2.29. The molecule has 1 atom stereocenters. The van der Waals surface area contributed by atoms with Crippen molar-refractivity contribution in [2.75, 3.05) is 5.75 Å². The summed E-state index contributed by atoms with van der Waals surface area (Å²) in [6, 6.07) is 17.4. The summed E-state index contributed by atoms with van der Waals surface area (Å²) in [6.45, 7) is 1.84. The minimum Gasteiger partial charge on any atom is -0.385 e. The van der Waals surface area contributed by atoms with Gasteiger partial charge in [-0.1, -0.05) is 41.9 Å². The molecule has 0 amide bonds. The Kier molecular flexibility index (Phi) is 4.33. The summed E-state index contributed by atoms with van der Waals surface area (Å²) >= 11 is 7.46. The van der Waals surface area contributed by atoms with Crippen LogP contribution in [0, 0.1) is 0 Å². The normalized spacial score (nSPS) is 14.2. The van der Waals surface area contributed by atoms with Crippen LogP contribution >= 0.6 is 23.4 Å². The lowest BCUT2D eigenvalue weighted by Gasteiger charge is -2.23. The van der Waals surface area contributed by atoms with Crippen molar-refractivity contribution in [2.45, 2.75) is 17.4 Å². The second-order valence-electron chi connectivity index (χ2n) is 4.38. The first kappa shape index (κ1) is 13.5. The highest BCUT2D eigenvalue weighted by Gasteiger charge is 2.22. The van der Waals surface area contributed by atoms with E-state index < -0.39 is 5.60 Å². The van der Waals surface area contributed by atoms with Gasteiger partial charge < -0.3 is 5.11 Å². The fourth-order valence-electron chi connectivity index (χ4n) is 1.64. The van der Waals surface area contributed by atoms with Gasteiger partial charge in [0.05, 0.1) is 5.60 Å². The van der Waals surface area contributed by atoms with Gasteiger partial charge in [-0.25, -0.2) is 0 Å². The van der Waals surface area contributed by atoms with E-state index >= 15 is 0 Å². The van der Waals surface area contributed by atoms with E-state index in [-0.39, 0.29) is 0 Å². The Morgan fingerprint density at radius 1 is 1.06 bits per heavy atom. The van der Waals surface area contributed by atoms with Crippen LogP contribution < -0.4 is 0 Å². The molecule has 18 heavy (non-hydrogen) atoms. The molecular formula is C15H15ClOS. The van der Waals surface area contributed by atoms with Gasteiger partial charge in [0, 0.05) is 15.7 Å². The molecule has 0 heterocycles. The summed E-state index contributed by atoms with van der Waals surface area (Å²) in [5.41, 5.74) is 0.109. The predicted molar refractivity (Wildman–Crippen MR) is 78.2 cm³/mol. The van der Waals surface area contributed by atoms with Gasteiger partial charge in [0.25, 0.3) is 0 Å². The Hall–Kier alpha value is -0.960. The first-order valence-electron chi connectivity index (χ1n) is 5.74. The van der Waals surface area contributed by atoms with E-state index in [1.807, 2.05) is 61.5 Å². The van der Waals surface area contributed by atoms with Crippen LogP contribution in [0.1, 0.15) is 12.5 Å². The smallest absolute Gasteiger partial charge is 0.0962 e. The summed E-state index contributed by atoms with van der Waals surface area (Å²) in [5.74, 6) is 0.610. The van der Waals surface area contributed by atoms with Crippen molar-refractivity contribution in [3.05, 3.63) is 65.2 Å². The van der Waals surface area contributed by atoms with Crippen LogP contribution in [0.25, 0.3) is 0 Å². The molecule has 0 saturated heterocycles. The summed E-state index contributed by atoms with van der Waals surface area (Å²) in [6.07, 6.45) is 0. The zero-order valence-electron chi connectivity index (χ0n) is 10.1. The van der Waals surface area contributed by atoms with Crippen molar-refractivity contribution >= 4 is 23.4 Å². The molecule has 2 aromatic rings. The van der Waals surface area contributed by atoms with Gasteiger partial charge in [0.2, 0.25) is 0 Å². The Bertz CT molecular complexity index is 494. The SMILES string of the molecule is CC(O)(CSc1ccc(Cl)cc1)c1ccccc1. The molecule has 0 aliphatic rings. The van der Waals surface area contributed by atoms with E-state index in [1.54, 1.807) is 11.8 Å². The molecule has 0 spiro atoms. The maximum absolute atomic E-state index is 10.5. The van der Waals surface area contributed by atoms with Gasteiger partial charge in [-0.3, -0.25) is 0 Å². The molecule has 2 rings (SSSR count). The van der Waals surface area contributed by atoms with Crippen molar-refractivity contribution in [1.29, 1.82) is 0 Å². The zero-order chi connectivity index (χ0) is 13.0. The molecular weight excluding hydrogens is 264 g/mol. The monoisotopic (exact) mass is 278 g/mol. The minimum atomic E-state index is -0.828. The molecule has 0 bridgehead atoms. The van der Waals surface area contributed by atoms with Gasteiger partial charge in [0.1, 0.15) is 0 Å². The summed E-state index contributed by atoms with van der Waals surface area (Å²) in [4.78, 5) is 1.11. The van der Waals surface area contributed by atoms with E-state index in [2.05, 4.69) is 0 Å². The molecule has 0 saturated carbocycles. The largest absolute Gasteiger partial charge is 0.385 e. The predicted octanol–water partition coefficient (Wildman–Crippen LogP) is 4.34. The highest BCUT2D eigenvalue weighted by molar-refractivity contribution is 7.99. The van der Waals surface area contributed by atoms with Crippen molar-refractivity contribution in [2.24, 2.45) is 0 Å². The summed E-state index contributed by atoms with van der Waals surface area (Å²) in [5, 5.41) is 11.2. The number of rotatable bonds is 4. The van der Waals surface area contributed by atoms with Crippen molar-refractivity contribution < 1.29 is 5.11 Å². The number of hydrogen-bond acceptors (Lipinski definition) is 2. The number of thioether (sulfide) groups is 1. The summed E-state index contributed by atoms with van der Waals surface area (Å²) < 4.78 is 0. The minimum absolute atomic E-state index is 0.610. The fraction of sp³-hybridized carbons (Fsp3) is 0.200. The molecule has 0 aliphatic heterocycles. The van der Waals surface area contributed by atoms with Crippen molar-refractivity contribution in [3.8, 4) is 0 Å². The lowest BCUT2D eigenvalue weighted by atomic mass is 9.99. The molecule has 0 aliphatic carbocycles. The third kappa shape index (κ3) is 3.52. The average molecular weight is 279 g/mol. The quantitative estimate of drug-likeness (QED) is 0.840. The first-order chi connectivity index (χ1) is 8.58. The molecule has 94 valence electrons. The molecule has 1 unspecified atom stereocenters. The zero-order valence-corrected chi connectivity index (χ0v) is 11.7. The van der Waals surface area contributed by atoms with E-state index in [4.69, 9.17) is 11.6 Å². The molecule has 1 N–H and O–H groups in total. The van der Waals surface area contributed by atoms with Gasteiger partial charge in [-0.15, -0.1) is 11.8 Å². The van der Waals surface area contributed by atoms with Crippen LogP contribution in [-0.4, -0.2) is 10.9 Å². The number of aliphatic hydroxyl groups is 1. The molecule has 3 heteroatoms. The van der Waals surface area contributed by atoms with Crippen LogP contribution in [0.3, 0.4) is 0 Å². The number of hydrogen-bond donors (Lipinski definition) is 1. The van der Waals surface area contributed by atoms with Gasteiger partial charge in [-0.2, -0.15) is 0 Å². The Morgan fingerprint density at radius 2 is 1.67 bits per heavy atom. The fourth-order valence-corrected chi connectivity index (χ4v) is 2.70. The average Bonchev–Trinajstić information content (AvgIpc) is 2.39. The Balaban J connectivity index is 2.03. The standard InChI is InChI=1S/C15H15ClOS/c1-15(17,12-5-3-2-4-6-12)11-18-14-9-7-13(16)8-10-14/h2-10,17H,11H2,1H3. The highest BCUT2D eigenvalue weighted by atomic mass is 35.5. The molecule has 1 nitrogen and oxygen atoms in total. The van der Waals surface area contributed by atoms with Crippen molar-refractivity contribution in [1.82, 2.24) is 0 Å². The van der Waals surface area contributed by atoms with Crippen LogP contribution in [0.4, 0.5) is 0 Å². The van der Waals surface area contributed by atoms with E-state index in [9.17, 15) is 5.11 Å². The second-order valence-corrected chi connectivity index (χ2v) is 5.87. The number of halogens is 1. The molecule has 0 radical (unpaired) electrons. The lowest BCUT2D eigenvalue weighted by molar-refractivity contribution is 0.0839. The lowest BCUT2D eigenvalue weighted by Crippen LogP contribution is -2.24. The topological polar surface area (TPSA) is 20.2 Å². The van der Waals surface area contributed by atoms with E-state index in [1.165, 1.54) is 0 Å². The van der Waals surface area contributed by atoms with E-state index in [0.29, 0.717) is 5.75 Å². The van der Waals surface area contributed by atoms with Crippen LogP contribution in [0.5, 0.6) is 0 Å². The Labute approximate surface area is 117 Å². The van der Waals surface area contributed by atoms with Gasteiger partial charge in [0.15, 0.2) is 0 Å². The molecule has 0 aromatic heterocycles. The second kappa shape index (κ2) is 5.79. The van der Waals surface area contributed by atoms with Crippen LogP contribution in [-0.2, 0) is 5.60 Å². The van der Waals surface area contributed by atoms with E-state index in [0.717, 1.165) is 15.5 Å². The summed E-state index contributed by atoms with van der Waals surface area (Å²) in [7, 11) is 0. The van der Waals surface area contributed by atoms with Crippen molar-refractivity contribution in [3.63, 3.8) is 0 Å². The maximum atomic E-state index is 10.5.